The summed E-state index contributed by atoms with van der Waals surface area (Å²) in [7, 11) is 0. The van der Waals surface area contributed by atoms with E-state index in [0.717, 1.165) is 36.2 Å². The summed E-state index contributed by atoms with van der Waals surface area (Å²) in [5, 5.41) is 10.3. The number of nitrogens with zero attached hydrogens (tertiary/aromatic N) is 3. The zero-order valence-corrected chi connectivity index (χ0v) is 13.8. The number of aliphatic hydroxyl groups is 1. The number of nitrogens with one attached hydrogen (secondary N) is 1. The van der Waals surface area contributed by atoms with E-state index < -0.39 is 6.10 Å². The maximum Gasteiger partial charge on any atom is 0.261 e. The second-order valence-electron chi connectivity index (χ2n) is 6.81. The molecule has 4 rings (SSSR count). The molecule has 0 aromatic carbocycles. The third kappa shape index (κ3) is 3.07. The van der Waals surface area contributed by atoms with Crippen molar-refractivity contribution in [2.75, 3.05) is 13.1 Å². The fourth-order valence-corrected chi connectivity index (χ4v) is 3.77. The van der Waals surface area contributed by atoms with Gasteiger partial charge in [0.15, 0.2) is 0 Å². The molecule has 2 aliphatic rings. The van der Waals surface area contributed by atoms with Crippen LogP contribution in [0.4, 0.5) is 0 Å². The molecule has 0 saturated carbocycles. The summed E-state index contributed by atoms with van der Waals surface area (Å²) in [6.07, 6.45) is 7.58. The smallest absolute Gasteiger partial charge is 0.261 e. The number of aryl methyl sites for hydroxylation is 2. The third-order valence-electron chi connectivity index (χ3n) is 5.10. The van der Waals surface area contributed by atoms with Gasteiger partial charge >= 0.3 is 0 Å². The number of carbonyl (C=O) groups is 1. The lowest BCUT2D eigenvalue weighted by Crippen LogP contribution is -2.34. The molecule has 0 bridgehead atoms. The van der Waals surface area contributed by atoms with Gasteiger partial charge in [0.1, 0.15) is 5.56 Å². The van der Waals surface area contributed by atoms with Crippen LogP contribution in [0.25, 0.3) is 0 Å². The summed E-state index contributed by atoms with van der Waals surface area (Å²) in [6, 6.07) is 1.73. The van der Waals surface area contributed by atoms with Crippen molar-refractivity contribution in [3.63, 3.8) is 0 Å². The van der Waals surface area contributed by atoms with E-state index in [1.807, 2.05) is 0 Å². The molecule has 1 fully saturated rings. The van der Waals surface area contributed by atoms with Crippen LogP contribution in [0.3, 0.4) is 0 Å². The summed E-state index contributed by atoms with van der Waals surface area (Å²) in [6.45, 7) is 0.646. The van der Waals surface area contributed by atoms with Gasteiger partial charge in [-0.3, -0.25) is 19.6 Å². The summed E-state index contributed by atoms with van der Waals surface area (Å²) in [5.74, 6) is -0.411. The van der Waals surface area contributed by atoms with E-state index in [-0.39, 0.29) is 29.5 Å². The van der Waals surface area contributed by atoms with Gasteiger partial charge in [-0.25, -0.2) is 0 Å². The molecule has 7 nitrogen and oxygen atoms in total. The average Bonchev–Trinajstić information content (AvgIpc) is 3.21. The number of likely N-dealkylation sites (tertiary alicyclic amines) is 1. The average molecular weight is 340 g/mol. The molecular weight excluding hydrogens is 320 g/mol. The van der Waals surface area contributed by atoms with Crippen LogP contribution >= 0.6 is 0 Å². The lowest BCUT2D eigenvalue weighted by molar-refractivity contribution is 0.0762. The number of hydrogen-bond donors (Lipinski definition) is 2. The van der Waals surface area contributed by atoms with Crippen LogP contribution < -0.4 is 5.56 Å². The highest BCUT2D eigenvalue weighted by atomic mass is 16.3. The molecule has 0 radical (unpaired) electrons. The van der Waals surface area contributed by atoms with E-state index >= 15 is 0 Å². The SMILES string of the molecule is O=C(c1cc2c([nH]c1=O)CCC2)N1C[C@@H](Cc2cnccn2)[C@H](O)C1. The lowest BCUT2D eigenvalue weighted by atomic mass is 10.0. The van der Waals surface area contributed by atoms with Crippen molar-refractivity contribution >= 4 is 5.91 Å². The second-order valence-corrected chi connectivity index (χ2v) is 6.81. The van der Waals surface area contributed by atoms with Gasteiger partial charge in [0, 0.05) is 43.3 Å². The fraction of sp³-hybridized carbons (Fsp3) is 0.444. The van der Waals surface area contributed by atoms with Crippen molar-refractivity contribution < 1.29 is 9.90 Å². The third-order valence-corrected chi connectivity index (χ3v) is 5.10. The molecule has 1 saturated heterocycles. The molecular formula is C18H20N4O3. The van der Waals surface area contributed by atoms with Crippen molar-refractivity contribution in [1.29, 1.82) is 0 Å². The number of carbonyl (C=O) groups excluding carboxylic acids is 1. The van der Waals surface area contributed by atoms with Crippen molar-refractivity contribution in [3.8, 4) is 0 Å². The van der Waals surface area contributed by atoms with E-state index in [1.165, 1.54) is 0 Å². The van der Waals surface area contributed by atoms with Gasteiger partial charge in [-0.15, -0.1) is 0 Å². The van der Waals surface area contributed by atoms with Crippen LogP contribution in [0.15, 0.2) is 29.5 Å². The molecule has 0 spiro atoms. The van der Waals surface area contributed by atoms with E-state index in [2.05, 4.69) is 15.0 Å². The second kappa shape index (κ2) is 6.40. The molecule has 2 atom stereocenters. The summed E-state index contributed by atoms with van der Waals surface area (Å²) in [4.78, 5) is 37.7. The van der Waals surface area contributed by atoms with Crippen molar-refractivity contribution in [3.05, 3.63) is 57.5 Å². The number of aliphatic hydroxyl groups excluding tert-OH is 1. The number of fused-ring (bicyclic) bond motifs is 1. The van der Waals surface area contributed by atoms with Gasteiger partial charge in [0.25, 0.3) is 11.5 Å². The highest BCUT2D eigenvalue weighted by Crippen LogP contribution is 2.23. The topological polar surface area (TPSA) is 99.2 Å². The first kappa shape index (κ1) is 16.0. The number of hydrogen-bond acceptors (Lipinski definition) is 5. The molecule has 2 aromatic rings. The number of aromatic nitrogens is 3. The van der Waals surface area contributed by atoms with Crippen LogP contribution in [0.1, 0.15) is 33.7 Å². The van der Waals surface area contributed by atoms with E-state index in [0.29, 0.717) is 13.0 Å². The van der Waals surface area contributed by atoms with E-state index in [1.54, 1.807) is 29.6 Å². The van der Waals surface area contributed by atoms with Crippen LogP contribution in [-0.2, 0) is 19.3 Å². The van der Waals surface area contributed by atoms with Gasteiger partial charge in [0.05, 0.1) is 11.8 Å². The number of H-pyrrole nitrogens is 1. The van der Waals surface area contributed by atoms with Crippen LogP contribution in [0.5, 0.6) is 0 Å². The van der Waals surface area contributed by atoms with Gasteiger partial charge in [-0.05, 0) is 37.3 Å². The van der Waals surface area contributed by atoms with Crippen molar-refractivity contribution in [2.24, 2.45) is 5.92 Å². The van der Waals surface area contributed by atoms with Gasteiger partial charge in [-0.1, -0.05) is 0 Å². The highest BCUT2D eigenvalue weighted by molar-refractivity contribution is 5.94. The van der Waals surface area contributed by atoms with Crippen molar-refractivity contribution in [2.45, 2.75) is 31.8 Å². The van der Waals surface area contributed by atoms with Crippen LogP contribution in [-0.4, -0.2) is 50.1 Å². The molecule has 1 aliphatic heterocycles. The number of β-amino-alcohol motifs (C(OH)–C–C–N with tert-alkyl or cyclic N) is 1. The molecule has 7 heteroatoms. The Morgan fingerprint density at radius 3 is 3.00 bits per heavy atom. The molecule has 3 heterocycles. The number of aromatic amines is 1. The number of amides is 1. The molecule has 130 valence electrons. The summed E-state index contributed by atoms with van der Waals surface area (Å²) >= 11 is 0. The molecule has 2 N–H and O–H groups in total. The van der Waals surface area contributed by atoms with Gasteiger partial charge in [-0.2, -0.15) is 0 Å². The quantitative estimate of drug-likeness (QED) is 0.839. The Labute approximate surface area is 144 Å². The Kier molecular flexibility index (Phi) is 4.09. The Bertz CT molecular complexity index is 849. The monoisotopic (exact) mass is 340 g/mol. The highest BCUT2D eigenvalue weighted by Gasteiger charge is 2.35. The van der Waals surface area contributed by atoms with Crippen LogP contribution in [0.2, 0.25) is 0 Å². The molecule has 0 unspecified atom stereocenters. The first-order valence-electron chi connectivity index (χ1n) is 8.59. The minimum Gasteiger partial charge on any atom is -0.391 e. The van der Waals surface area contributed by atoms with Gasteiger partial charge < -0.3 is 15.0 Å². The minimum absolute atomic E-state index is 0.103. The Morgan fingerprint density at radius 1 is 1.32 bits per heavy atom. The molecule has 2 aromatic heterocycles. The standard InChI is InChI=1S/C18H20N4O3/c23-16-10-22(9-12(16)6-13-8-19-4-5-20-13)18(25)14-7-11-2-1-3-15(11)21-17(14)24/h4-5,7-8,12,16,23H,1-3,6,9-10H2,(H,21,24)/t12-,16-/m1/s1. The normalized spacial score (nSPS) is 22.2. The maximum atomic E-state index is 12.8. The van der Waals surface area contributed by atoms with Crippen LogP contribution in [0, 0.1) is 5.92 Å². The number of rotatable bonds is 3. The zero-order chi connectivity index (χ0) is 17.4. The predicted octanol–water partition coefficient (Wildman–Crippen LogP) is 0.329. The lowest BCUT2D eigenvalue weighted by Gasteiger charge is -2.16. The first-order valence-corrected chi connectivity index (χ1v) is 8.59. The maximum absolute atomic E-state index is 12.8. The molecule has 1 amide bonds. The summed E-state index contributed by atoms with van der Waals surface area (Å²) < 4.78 is 0. The largest absolute Gasteiger partial charge is 0.391 e. The first-order chi connectivity index (χ1) is 12.1. The van der Waals surface area contributed by atoms with E-state index in [9.17, 15) is 14.7 Å². The Balaban J connectivity index is 1.51. The number of pyridine rings is 1. The van der Waals surface area contributed by atoms with E-state index in [4.69, 9.17) is 0 Å². The van der Waals surface area contributed by atoms with Crippen molar-refractivity contribution in [1.82, 2.24) is 19.9 Å². The zero-order valence-electron chi connectivity index (χ0n) is 13.8. The minimum atomic E-state index is -0.625. The Hall–Kier alpha value is -2.54. The molecule has 25 heavy (non-hydrogen) atoms. The predicted molar refractivity (Wildman–Crippen MR) is 90.2 cm³/mol. The van der Waals surface area contributed by atoms with Gasteiger partial charge in [0.2, 0.25) is 0 Å². The summed E-state index contributed by atoms with van der Waals surface area (Å²) in [5.41, 5.74) is 2.63. The fourth-order valence-electron chi connectivity index (χ4n) is 3.77. The Morgan fingerprint density at radius 2 is 2.20 bits per heavy atom. The molecule has 1 aliphatic carbocycles.